The average Bonchev–Trinajstić information content (AvgIpc) is 2.60. The van der Waals surface area contributed by atoms with Gasteiger partial charge in [0.2, 0.25) is 5.91 Å². The lowest BCUT2D eigenvalue weighted by Gasteiger charge is -2.22. The van der Waals surface area contributed by atoms with E-state index in [4.69, 9.17) is 27.9 Å². The molecule has 1 N–H and O–H groups in total. The standard InChI is InChI=1S/C20H22Cl2N2O3/c1-4-14-7-5-6-8-18(14)23-19(25)12-24(3)20(26)13(2)27-17-10-15(21)9-16(22)11-17/h5-11,13H,4,12H2,1-3H3,(H,23,25). The second-order valence-electron chi connectivity index (χ2n) is 6.12. The van der Waals surface area contributed by atoms with Crippen LogP contribution in [0.2, 0.25) is 10.0 Å². The van der Waals surface area contributed by atoms with Crippen molar-refractivity contribution in [1.29, 1.82) is 0 Å². The number of rotatable bonds is 7. The second-order valence-corrected chi connectivity index (χ2v) is 6.99. The molecule has 27 heavy (non-hydrogen) atoms. The van der Waals surface area contributed by atoms with Crippen LogP contribution in [-0.2, 0) is 16.0 Å². The second kappa shape index (κ2) is 9.62. The van der Waals surface area contributed by atoms with Gasteiger partial charge in [0.1, 0.15) is 5.75 Å². The van der Waals surface area contributed by atoms with Gasteiger partial charge in [-0.1, -0.05) is 48.3 Å². The molecule has 0 heterocycles. The topological polar surface area (TPSA) is 58.6 Å². The molecule has 1 atom stereocenters. The molecular weight excluding hydrogens is 387 g/mol. The Hall–Kier alpha value is -2.24. The molecule has 2 rings (SSSR count). The van der Waals surface area contributed by atoms with Gasteiger partial charge >= 0.3 is 0 Å². The van der Waals surface area contributed by atoms with Crippen LogP contribution in [0.15, 0.2) is 42.5 Å². The molecule has 2 amide bonds. The molecule has 0 fully saturated rings. The average molecular weight is 409 g/mol. The van der Waals surface area contributed by atoms with Gasteiger partial charge in [0.25, 0.3) is 5.91 Å². The summed E-state index contributed by atoms with van der Waals surface area (Å²) in [5, 5.41) is 3.67. The van der Waals surface area contributed by atoms with E-state index in [9.17, 15) is 9.59 Å². The largest absolute Gasteiger partial charge is 0.481 e. The lowest BCUT2D eigenvalue weighted by atomic mass is 10.1. The molecule has 0 radical (unpaired) electrons. The molecule has 0 saturated carbocycles. The minimum absolute atomic E-state index is 0.0825. The summed E-state index contributed by atoms with van der Waals surface area (Å²) in [7, 11) is 1.55. The van der Waals surface area contributed by atoms with Crippen LogP contribution < -0.4 is 10.1 Å². The van der Waals surface area contributed by atoms with Crippen LogP contribution in [0, 0.1) is 0 Å². The first-order valence-corrected chi connectivity index (χ1v) is 9.31. The Morgan fingerprint density at radius 2 is 1.78 bits per heavy atom. The van der Waals surface area contributed by atoms with Crippen LogP contribution in [0.25, 0.3) is 0 Å². The number of carbonyl (C=O) groups excluding carboxylic acids is 2. The van der Waals surface area contributed by atoms with Crippen molar-refractivity contribution in [2.45, 2.75) is 26.4 Å². The van der Waals surface area contributed by atoms with Crippen molar-refractivity contribution in [3.05, 3.63) is 58.1 Å². The third kappa shape index (κ3) is 6.15. The van der Waals surface area contributed by atoms with Gasteiger partial charge < -0.3 is 15.0 Å². The van der Waals surface area contributed by atoms with E-state index < -0.39 is 6.10 Å². The Balaban J connectivity index is 1.94. The van der Waals surface area contributed by atoms with Crippen molar-refractivity contribution >= 4 is 40.7 Å². The number of para-hydroxylation sites is 1. The Morgan fingerprint density at radius 1 is 1.15 bits per heavy atom. The maximum Gasteiger partial charge on any atom is 0.263 e. The van der Waals surface area contributed by atoms with Gasteiger partial charge in [-0.2, -0.15) is 0 Å². The van der Waals surface area contributed by atoms with Crippen molar-refractivity contribution in [3.8, 4) is 5.75 Å². The Kier molecular flexibility index (Phi) is 7.51. The maximum atomic E-state index is 12.5. The monoisotopic (exact) mass is 408 g/mol. The predicted octanol–water partition coefficient (Wildman–Crippen LogP) is 4.42. The molecule has 0 aromatic heterocycles. The van der Waals surface area contributed by atoms with Gasteiger partial charge in [-0.25, -0.2) is 0 Å². The van der Waals surface area contributed by atoms with Gasteiger partial charge in [-0.3, -0.25) is 9.59 Å². The quantitative estimate of drug-likeness (QED) is 0.737. The predicted molar refractivity (Wildman–Crippen MR) is 109 cm³/mol. The van der Waals surface area contributed by atoms with Gasteiger partial charge in [0.15, 0.2) is 6.10 Å². The minimum Gasteiger partial charge on any atom is -0.481 e. The molecule has 144 valence electrons. The molecule has 0 aliphatic heterocycles. The number of amides is 2. The number of hydrogen-bond donors (Lipinski definition) is 1. The maximum absolute atomic E-state index is 12.5. The summed E-state index contributed by atoms with van der Waals surface area (Å²) >= 11 is 11.9. The van der Waals surface area contributed by atoms with Crippen molar-refractivity contribution < 1.29 is 14.3 Å². The molecule has 0 aliphatic rings. The van der Waals surface area contributed by atoms with E-state index in [0.29, 0.717) is 15.8 Å². The number of aryl methyl sites for hydroxylation is 1. The van der Waals surface area contributed by atoms with Gasteiger partial charge in [0.05, 0.1) is 6.54 Å². The highest BCUT2D eigenvalue weighted by atomic mass is 35.5. The van der Waals surface area contributed by atoms with Gasteiger partial charge in [-0.15, -0.1) is 0 Å². The fraction of sp³-hybridized carbons (Fsp3) is 0.300. The summed E-state index contributed by atoms with van der Waals surface area (Å²) < 4.78 is 5.60. The zero-order chi connectivity index (χ0) is 20.0. The van der Waals surface area contributed by atoms with E-state index >= 15 is 0 Å². The van der Waals surface area contributed by atoms with Crippen LogP contribution in [0.5, 0.6) is 5.75 Å². The first-order valence-electron chi connectivity index (χ1n) is 8.55. The van der Waals surface area contributed by atoms with E-state index in [-0.39, 0.29) is 18.4 Å². The summed E-state index contributed by atoms with van der Waals surface area (Å²) in [4.78, 5) is 26.1. The molecular formula is C20H22Cl2N2O3. The SMILES string of the molecule is CCc1ccccc1NC(=O)CN(C)C(=O)C(C)Oc1cc(Cl)cc(Cl)c1. The first kappa shape index (κ1) is 21.1. The highest BCUT2D eigenvalue weighted by molar-refractivity contribution is 6.34. The molecule has 1 unspecified atom stereocenters. The van der Waals surface area contributed by atoms with Gasteiger partial charge in [-0.05, 0) is 43.2 Å². The zero-order valence-electron chi connectivity index (χ0n) is 15.5. The number of hydrogen-bond acceptors (Lipinski definition) is 3. The molecule has 0 spiro atoms. The Morgan fingerprint density at radius 3 is 2.41 bits per heavy atom. The fourth-order valence-electron chi connectivity index (χ4n) is 2.60. The van der Waals surface area contributed by atoms with E-state index in [0.717, 1.165) is 17.7 Å². The van der Waals surface area contributed by atoms with E-state index in [1.165, 1.54) is 4.90 Å². The molecule has 7 heteroatoms. The number of likely N-dealkylation sites (N-methyl/N-ethyl adjacent to an activating group) is 1. The van der Waals surface area contributed by atoms with Crippen LogP contribution in [0.4, 0.5) is 5.69 Å². The smallest absolute Gasteiger partial charge is 0.263 e. The summed E-state index contributed by atoms with van der Waals surface area (Å²) in [6, 6.07) is 12.3. The van der Waals surface area contributed by atoms with E-state index in [1.54, 1.807) is 32.2 Å². The number of carbonyl (C=O) groups is 2. The molecule has 0 bridgehead atoms. The third-order valence-corrected chi connectivity index (χ3v) is 4.36. The van der Waals surface area contributed by atoms with Crippen molar-refractivity contribution in [3.63, 3.8) is 0 Å². The summed E-state index contributed by atoms with van der Waals surface area (Å²) in [5.74, 6) is -0.210. The number of halogens is 2. The van der Waals surface area contributed by atoms with E-state index in [2.05, 4.69) is 5.32 Å². The molecule has 0 saturated heterocycles. The van der Waals surface area contributed by atoms with Crippen molar-refractivity contribution in [2.75, 3.05) is 18.9 Å². The fourth-order valence-corrected chi connectivity index (χ4v) is 3.10. The third-order valence-electron chi connectivity index (χ3n) is 3.93. The number of ether oxygens (including phenoxy) is 1. The van der Waals surface area contributed by atoms with Crippen LogP contribution in [0.1, 0.15) is 19.4 Å². The Bertz CT molecular complexity index is 806. The van der Waals surface area contributed by atoms with Crippen molar-refractivity contribution in [1.82, 2.24) is 4.90 Å². The molecule has 0 aliphatic carbocycles. The van der Waals surface area contributed by atoms with Crippen molar-refractivity contribution in [2.24, 2.45) is 0 Å². The zero-order valence-corrected chi connectivity index (χ0v) is 17.0. The highest BCUT2D eigenvalue weighted by Crippen LogP contribution is 2.25. The Labute approximate surface area is 169 Å². The molecule has 2 aromatic rings. The summed E-state index contributed by atoms with van der Waals surface area (Å²) in [6.07, 6.45) is 0.0124. The highest BCUT2D eigenvalue weighted by Gasteiger charge is 2.21. The summed E-state index contributed by atoms with van der Waals surface area (Å²) in [5.41, 5.74) is 1.79. The van der Waals surface area contributed by atoms with Crippen LogP contribution in [0.3, 0.4) is 0 Å². The van der Waals surface area contributed by atoms with Crippen LogP contribution in [-0.4, -0.2) is 36.4 Å². The number of anilines is 1. The first-order chi connectivity index (χ1) is 12.8. The van der Waals surface area contributed by atoms with Crippen LogP contribution >= 0.6 is 23.2 Å². The molecule has 2 aromatic carbocycles. The normalized spacial score (nSPS) is 11.6. The number of benzene rings is 2. The minimum atomic E-state index is -0.791. The number of nitrogens with one attached hydrogen (secondary N) is 1. The van der Waals surface area contributed by atoms with E-state index in [1.807, 2.05) is 31.2 Å². The number of nitrogens with zero attached hydrogens (tertiary/aromatic N) is 1. The molecule has 5 nitrogen and oxygen atoms in total. The van der Waals surface area contributed by atoms with Gasteiger partial charge in [0, 0.05) is 22.8 Å². The lowest BCUT2D eigenvalue weighted by Crippen LogP contribution is -2.42. The lowest BCUT2D eigenvalue weighted by molar-refractivity contribution is -0.139. The summed E-state index contributed by atoms with van der Waals surface area (Å²) in [6.45, 7) is 3.54.